The Labute approximate surface area is 502 Å². The van der Waals surface area contributed by atoms with E-state index in [0.717, 1.165) is 62.3 Å². The molecule has 0 bridgehead atoms. The van der Waals surface area contributed by atoms with Crippen LogP contribution in [0.3, 0.4) is 0 Å². The van der Waals surface area contributed by atoms with Crippen molar-refractivity contribution in [3.05, 3.63) is 114 Å². The van der Waals surface area contributed by atoms with Crippen LogP contribution in [0.15, 0.2) is 97.4 Å². The summed E-state index contributed by atoms with van der Waals surface area (Å²) in [5.41, 5.74) is 9.89. The summed E-state index contributed by atoms with van der Waals surface area (Å²) in [6, 6.07) is 22.5. The standard InChI is InChI=1S/C31H44N4O5Si.C28H39N3O5Si.C4H7Br/c1-22(2)20-34(29(36)40-30(3,4)5)27-19-32-28-25(33-27)18-26(35(28)21-37-16-17-41(7,8)9)23-10-12-24(13-11-23)31(6)38-14-15-39-31;1-27(2,3)36-25(32)16-22-18-29-26-23(30-22)17-24(31(26)19-33-14-15-37(5,6)7)20-8-10-21(11-9-20)28(4)34-12-13-35-28;1-4(2)3-5/h10-13,18-19H,1,14-17,20-21H2,2-9H3;8-11,17-18H,12-16,19H2,1-7H3;1,3H2,2H3. The Morgan fingerprint density at radius 3 is 1.45 bits per heavy atom. The molecule has 0 atom stereocenters. The first-order valence-corrected chi connectivity index (χ1v) is 37.0. The lowest BCUT2D eigenvalue weighted by molar-refractivity contribution is -0.154. The lowest BCUT2D eigenvalue weighted by atomic mass is 10.0. The molecule has 2 aliphatic rings. The molecular formula is C63H90BrN7O10Si2. The van der Waals surface area contributed by atoms with E-state index in [2.05, 4.69) is 85.5 Å². The first-order valence-electron chi connectivity index (χ1n) is 28.5. The lowest BCUT2D eigenvalue weighted by Crippen LogP contribution is -2.38. The Balaban J connectivity index is 0.000000247. The molecule has 6 aromatic rings. The number of fused-ring (bicyclic) bond motifs is 2. The number of rotatable bonds is 20. The van der Waals surface area contributed by atoms with Crippen LogP contribution in [-0.2, 0) is 74.1 Å². The molecule has 0 aliphatic carbocycles. The van der Waals surface area contributed by atoms with Gasteiger partial charge in [-0.2, -0.15) is 0 Å². The van der Waals surface area contributed by atoms with Gasteiger partial charge in [-0.05, 0) is 105 Å². The van der Waals surface area contributed by atoms with Gasteiger partial charge in [0.25, 0.3) is 0 Å². The van der Waals surface area contributed by atoms with Crippen LogP contribution in [0.25, 0.3) is 44.8 Å². The molecule has 0 spiro atoms. The van der Waals surface area contributed by atoms with Crippen LogP contribution in [-0.4, -0.2) is 120 Å². The normalized spacial score (nSPS) is 15.1. The number of hydrogen-bond donors (Lipinski definition) is 0. The van der Waals surface area contributed by atoms with Crippen molar-refractivity contribution in [3.63, 3.8) is 0 Å². The molecule has 17 nitrogen and oxygen atoms in total. The van der Waals surface area contributed by atoms with Crippen molar-refractivity contribution in [3.8, 4) is 22.5 Å². The van der Waals surface area contributed by atoms with Crippen molar-refractivity contribution in [2.45, 2.75) is 163 Å². The Hall–Kier alpha value is -5.43. The number of nitrogens with zero attached hydrogens (tertiary/aromatic N) is 7. The first-order chi connectivity index (χ1) is 38.7. The maximum absolute atomic E-state index is 13.1. The van der Waals surface area contributed by atoms with Crippen molar-refractivity contribution in [2.75, 3.05) is 56.4 Å². The predicted molar refractivity (Wildman–Crippen MR) is 339 cm³/mol. The van der Waals surface area contributed by atoms with Gasteiger partial charge in [-0.25, -0.2) is 24.7 Å². The third-order valence-corrected chi connectivity index (χ3v) is 17.4. The highest BCUT2D eigenvalue weighted by atomic mass is 79.9. The second-order valence-corrected chi connectivity index (χ2v) is 37.7. The average molecular weight is 1240 g/mol. The van der Waals surface area contributed by atoms with Crippen molar-refractivity contribution < 1.29 is 47.5 Å². The van der Waals surface area contributed by atoms with Gasteiger partial charge in [-0.1, -0.05) is 128 Å². The van der Waals surface area contributed by atoms with Gasteiger partial charge in [-0.15, -0.1) is 0 Å². The Morgan fingerprint density at radius 1 is 0.651 bits per heavy atom. The maximum Gasteiger partial charge on any atom is 0.416 e. The summed E-state index contributed by atoms with van der Waals surface area (Å²) < 4.78 is 50.8. The smallest absolute Gasteiger partial charge is 0.416 e. The monoisotopic (exact) mass is 1240 g/mol. The summed E-state index contributed by atoms with van der Waals surface area (Å²) in [5, 5.41) is 0.924. The van der Waals surface area contributed by atoms with E-state index in [4.69, 9.17) is 52.8 Å². The fourth-order valence-corrected chi connectivity index (χ4v) is 10.2. The summed E-state index contributed by atoms with van der Waals surface area (Å²) >= 11 is 3.21. The molecule has 2 fully saturated rings. The molecular weight excluding hydrogens is 1150 g/mol. The number of carbonyl (C=O) groups excluding carboxylic acids is 2. The minimum absolute atomic E-state index is 0.0702. The van der Waals surface area contributed by atoms with Crippen LogP contribution in [0.4, 0.5) is 10.6 Å². The summed E-state index contributed by atoms with van der Waals surface area (Å²) in [6.07, 6.45) is 2.83. The summed E-state index contributed by atoms with van der Waals surface area (Å²) in [6.45, 7) is 45.1. The van der Waals surface area contributed by atoms with E-state index < -0.39 is 45.0 Å². The molecule has 452 valence electrons. The number of hydrogen-bond acceptors (Lipinski definition) is 14. The second kappa shape index (κ2) is 28.2. The maximum atomic E-state index is 13.1. The third-order valence-electron chi connectivity index (χ3n) is 13.0. The zero-order valence-electron chi connectivity index (χ0n) is 52.1. The average Bonchev–Trinajstić information content (AvgIpc) is 4.13. The van der Waals surface area contributed by atoms with E-state index in [1.54, 1.807) is 12.4 Å². The molecule has 6 heterocycles. The highest BCUT2D eigenvalue weighted by Crippen LogP contribution is 2.36. The molecule has 0 saturated carbocycles. The number of alkyl halides is 1. The minimum atomic E-state index is -1.24. The third kappa shape index (κ3) is 19.8. The molecule has 0 N–H and O–H groups in total. The molecule has 83 heavy (non-hydrogen) atoms. The molecule has 2 aliphatic heterocycles. The number of halogens is 1. The van der Waals surface area contributed by atoms with E-state index in [-0.39, 0.29) is 18.9 Å². The van der Waals surface area contributed by atoms with Crippen LogP contribution < -0.4 is 4.90 Å². The minimum Gasteiger partial charge on any atom is -0.460 e. The Kier molecular flexibility index (Phi) is 22.7. The van der Waals surface area contributed by atoms with Gasteiger partial charge in [0.2, 0.25) is 0 Å². The van der Waals surface area contributed by atoms with E-state index in [9.17, 15) is 9.59 Å². The number of anilines is 1. The second-order valence-electron chi connectivity index (χ2n) is 25.9. The van der Waals surface area contributed by atoms with Gasteiger partial charge in [0.05, 0.1) is 68.9 Å². The number of benzene rings is 2. The number of allylic oxidation sites excluding steroid dienone is 1. The van der Waals surface area contributed by atoms with Crippen molar-refractivity contribution >= 4 is 72.3 Å². The van der Waals surface area contributed by atoms with Crippen LogP contribution in [0.1, 0.15) is 86.1 Å². The molecule has 2 saturated heterocycles. The van der Waals surface area contributed by atoms with Crippen molar-refractivity contribution in [1.82, 2.24) is 29.1 Å². The fourth-order valence-electron chi connectivity index (χ4n) is 8.70. The fraction of sp³-hybridized carbons (Fsp3) is 0.524. The zero-order chi connectivity index (χ0) is 61.1. The number of esters is 1. The van der Waals surface area contributed by atoms with Crippen LogP contribution >= 0.6 is 15.9 Å². The van der Waals surface area contributed by atoms with Gasteiger partial charge >= 0.3 is 12.1 Å². The Morgan fingerprint density at radius 2 is 1.06 bits per heavy atom. The van der Waals surface area contributed by atoms with Gasteiger partial charge < -0.3 is 37.9 Å². The SMILES string of the molecule is C=C(C)CBr.C=C(C)CN(C(=O)OC(C)(C)C)c1cnc2c(cc(-c3ccc(C4(C)OCCO4)cc3)n2COCC[Si](C)(C)C)n1.CC(C)(C)OC(=O)Cc1cnc2c(cc(-c3ccc(C4(C)OCCO4)cc3)n2COCC[Si](C)(C)C)n1. The van der Waals surface area contributed by atoms with Crippen LogP contribution in [0.5, 0.6) is 0 Å². The van der Waals surface area contributed by atoms with Gasteiger partial charge in [0.15, 0.2) is 28.7 Å². The van der Waals surface area contributed by atoms with Crippen molar-refractivity contribution in [1.29, 1.82) is 0 Å². The number of aromatic nitrogens is 6. The summed E-state index contributed by atoms with van der Waals surface area (Å²) in [7, 11) is -2.45. The molecule has 0 radical (unpaired) electrons. The molecule has 4 aromatic heterocycles. The van der Waals surface area contributed by atoms with Gasteiger partial charge in [0.1, 0.15) is 35.7 Å². The summed E-state index contributed by atoms with van der Waals surface area (Å²) in [5.74, 6) is -1.38. The lowest BCUT2D eigenvalue weighted by Gasteiger charge is -2.26. The van der Waals surface area contributed by atoms with E-state index in [0.29, 0.717) is 81.3 Å². The Bertz CT molecular complexity index is 3160. The number of carbonyl (C=O) groups is 2. The topological polar surface area (TPSA) is 173 Å². The number of amides is 1. The van der Waals surface area contributed by atoms with E-state index in [1.165, 1.54) is 10.5 Å². The largest absolute Gasteiger partial charge is 0.460 e. The summed E-state index contributed by atoms with van der Waals surface area (Å²) in [4.78, 5) is 46.0. The molecule has 20 heteroatoms. The molecule has 8 rings (SSSR count). The molecule has 2 aromatic carbocycles. The van der Waals surface area contributed by atoms with Crippen LogP contribution in [0, 0.1) is 0 Å². The number of ether oxygens (including phenoxy) is 8. The van der Waals surface area contributed by atoms with Gasteiger partial charge in [0, 0.05) is 45.8 Å². The highest BCUT2D eigenvalue weighted by Gasteiger charge is 2.35. The van der Waals surface area contributed by atoms with Gasteiger partial charge in [-0.3, -0.25) is 18.8 Å². The first kappa shape index (κ1) is 66.7. The highest BCUT2D eigenvalue weighted by molar-refractivity contribution is 9.09. The zero-order valence-corrected chi connectivity index (χ0v) is 55.7. The molecule has 1 amide bonds. The van der Waals surface area contributed by atoms with Crippen molar-refractivity contribution in [2.24, 2.45) is 0 Å². The predicted octanol–water partition coefficient (Wildman–Crippen LogP) is 14.4. The molecule has 0 unspecified atom stereocenters. The van der Waals surface area contributed by atoms with E-state index in [1.807, 2.05) is 127 Å². The quantitative estimate of drug-likeness (QED) is 0.0232. The van der Waals surface area contributed by atoms with Crippen LogP contribution in [0.2, 0.25) is 51.4 Å². The van der Waals surface area contributed by atoms with E-state index >= 15 is 0 Å².